The average molecular weight is 215 g/mol. The van der Waals surface area contributed by atoms with Crippen molar-refractivity contribution >= 4 is 21.7 Å². The smallest absolute Gasteiger partial charge is 0.147 e. The Balaban J connectivity index is 2.30. The van der Waals surface area contributed by atoms with Crippen LogP contribution >= 0.6 is 15.9 Å². The lowest BCUT2D eigenvalue weighted by Gasteiger charge is -2.25. The molecule has 0 amide bonds. The van der Waals surface area contributed by atoms with Crippen molar-refractivity contribution in [2.24, 2.45) is 11.8 Å². The molecule has 1 nitrogen and oxygen atoms in total. The Kier molecular flexibility index (Phi) is 1.50. The van der Waals surface area contributed by atoms with Gasteiger partial charge in [0.2, 0.25) is 0 Å². The highest BCUT2D eigenvalue weighted by Crippen LogP contribution is 2.51. The summed E-state index contributed by atoms with van der Waals surface area (Å²) in [5, 5.41) is 0. The normalized spacial score (nSPS) is 46.7. The van der Waals surface area contributed by atoms with E-state index in [1.807, 2.05) is 0 Å². The zero-order valence-corrected chi connectivity index (χ0v) is 8.10. The largest absolute Gasteiger partial charge is 0.298 e. The molecule has 11 heavy (non-hydrogen) atoms. The number of halogens is 1. The topological polar surface area (TPSA) is 17.1 Å². The number of alkyl halides is 1. The highest BCUT2D eigenvalue weighted by atomic mass is 79.9. The van der Waals surface area contributed by atoms with E-state index in [1.54, 1.807) is 6.92 Å². The molecule has 2 aliphatic rings. The molecule has 2 aliphatic carbocycles. The number of rotatable bonds is 1. The molecule has 0 aliphatic heterocycles. The fourth-order valence-electron chi connectivity index (χ4n) is 2.20. The summed E-state index contributed by atoms with van der Waals surface area (Å²) >= 11 is 3.57. The second kappa shape index (κ2) is 2.19. The summed E-state index contributed by atoms with van der Waals surface area (Å²) in [6.45, 7) is 1.68. The van der Waals surface area contributed by atoms with Gasteiger partial charge in [0.05, 0.1) is 4.32 Å². The third-order valence-electron chi connectivity index (χ3n) is 2.90. The van der Waals surface area contributed by atoms with E-state index in [4.69, 9.17) is 0 Å². The highest BCUT2D eigenvalue weighted by molar-refractivity contribution is 9.10. The average Bonchev–Trinajstić information content (AvgIpc) is 2.45. The lowest BCUT2D eigenvalue weighted by atomic mass is 9.90. The summed E-state index contributed by atoms with van der Waals surface area (Å²) in [6.07, 6.45) is 6.60. The van der Waals surface area contributed by atoms with E-state index in [0.29, 0.717) is 11.8 Å². The standard InChI is InChI=1S/C9H11BrO/c1-6(11)9(10)5-7-2-3-8(9)4-7/h2-3,7-8H,4-5H2,1H3/t7-,8+,9-/m0/s1. The summed E-state index contributed by atoms with van der Waals surface area (Å²) in [6, 6.07) is 0. The van der Waals surface area contributed by atoms with Crippen LogP contribution in [0.15, 0.2) is 12.2 Å². The molecule has 0 aromatic heterocycles. The van der Waals surface area contributed by atoms with Gasteiger partial charge < -0.3 is 0 Å². The lowest BCUT2D eigenvalue weighted by molar-refractivity contribution is -0.119. The van der Waals surface area contributed by atoms with Crippen LogP contribution < -0.4 is 0 Å². The first kappa shape index (κ1) is 7.53. The van der Waals surface area contributed by atoms with Gasteiger partial charge in [0.1, 0.15) is 5.78 Å². The van der Waals surface area contributed by atoms with Gasteiger partial charge in [-0.2, -0.15) is 0 Å². The van der Waals surface area contributed by atoms with Crippen molar-refractivity contribution in [2.75, 3.05) is 0 Å². The Labute approximate surface area is 75.0 Å². The molecule has 0 spiro atoms. The molecule has 0 radical (unpaired) electrons. The van der Waals surface area contributed by atoms with Crippen molar-refractivity contribution < 1.29 is 4.79 Å². The van der Waals surface area contributed by atoms with Gasteiger partial charge in [-0.1, -0.05) is 28.1 Å². The predicted molar refractivity (Wildman–Crippen MR) is 47.7 cm³/mol. The van der Waals surface area contributed by atoms with Crippen molar-refractivity contribution in [3.05, 3.63) is 12.2 Å². The molecule has 60 valence electrons. The Morgan fingerprint density at radius 1 is 1.64 bits per heavy atom. The van der Waals surface area contributed by atoms with Crippen molar-refractivity contribution in [1.29, 1.82) is 0 Å². The summed E-state index contributed by atoms with van der Waals surface area (Å²) in [7, 11) is 0. The van der Waals surface area contributed by atoms with Crippen molar-refractivity contribution in [2.45, 2.75) is 24.1 Å². The fourth-order valence-corrected chi connectivity index (χ4v) is 2.96. The molecule has 0 aromatic rings. The van der Waals surface area contributed by atoms with E-state index >= 15 is 0 Å². The van der Waals surface area contributed by atoms with Crippen LogP contribution in [0.3, 0.4) is 0 Å². The van der Waals surface area contributed by atoms with Crippen LogP contribution in [0.25, 0.3) is 0 Å². The summed E-state index contributed by atoms with van der Waals surface area (Å²) in [5.41, 5.74) is 0. The molecule has 1 fully saturated rings. The maximum atomic E-state index is 11.3. The van der Waals surface area contributed by atoms with E-state index in [1.165, 1.54) is 6.42 Å². The molecule has 0 heterocycles. The maximum Gasteiger partial charge on any atom is 0.147 e. The van der Waals surface area contributed by atoms with Gasteiger partial charge >= 0.3 is 0 Å². The molecule has 0 N–H and O–H groups in total. The number of ketones is 1. The fraction of sp³-hybridized carbons (Fsp3) is 0.667. The van der Waals surface area contributed by atoms with E-state index < -0.39 is 0 Å². The van der Waals surface area contributed by atoms with E-state index in [9.17, 15) is 4.79 Å². The zero-order valence-electron chi connectivity index (χ0n) is 6.51. The summed E-state index contributed by atoms with van der Waals surface area (Å²) in [4.78, 5) is 11.3. The molecule has 2 bridgehead atoms. The quantitative estimate of drug-likeness (QED) is 0.484. The van der Waals surface area contributed by atoms with Gasteiger partial charge in [-0.05, 0) is 31.6 Å². The van der Waals surface area contributed by atoms with Crippen LogP contribution in [0.2, 0.25) is 0 Å². The number of hydrogen-bond donors (Lipinski definition) is 0. The molecule has 2 rings (SSSR count). The Morgan fingerprint density at radius 2 is 2.36 bits per heavy atom. The molecule has 1 saturated carbocycles. The second-order valence-electron chi connectivity index (χ2n) is 3.61. The molecule has 0 aromatic carbocycles. The van der Waals surface area contributed by atoms with E-state index in [0.717, 1.165) is 6.42 Å². The monoisotopic (exact) mass is 214 g/mol. The third-order valence-corrected chi connectivity index (χ3v) is 4.37. The zero-order chi connectivity index (χ0) is 8.06. The van der Waals surface area contributed by atoms with Crippen molar-refractivity contribution in [3.8, 4) is 0 Å². The number of Topliss-reactive ketones (excluding diaryl/α,β-unsaturated/α-hetero) is 1. The van der Waals surface area contributed by atoms with Crippen LogP contribution in [-0.2, 0) is 4.79 Å². The number of hydrogen-bond acceptors (Lipinski definition) is 1. The first-order valence-corrected chi connectivity index (χ1v) is 4.80. The Morgan fingerprint density at radius 3 is 2.64 bits per heavy atom. The van der Waals surface area contributed by atoms with Crippen LogP contribution in [0.5, 0.6) is 0 Å². The number of carbonyl (C=O) groups excluding carboxylic acids is 1. The van der Waals surface area contributed by atoms with Gasteiger partial charge in [-0.3, -0.25) is 4.79 Å². The van der Waals surface area contributed by atoms with E-state index in [2.05, 4.69) is 28.1 Å². The highest BCUT2D eigenvalue weighted by Gasteiger charge is 2.49. The van der Waals surface area contributed by atoms with Gasteiger partial charge in [-0.25, -0.2) is 0 Å². The van der Waals surface area contributed by atoms with Crippen LogP contribution in [0.1, 0.15) is 19.8 Å². The molecule has 0 saturated heterocycles. The van der Waals surface area contributed by atoms with Crippen molar-refractivity contribution in [3.63, 3.8) is 0 Å². The molecule has 2 heteroatoms. The molecular formula is C9H11BrO. The first-order valence-electron chi connectivity index (χ1n) is 4.01. The number of carbonyl (C=O) groups is 1. The second-order valence-corrected chi connectivity index (χ2v) is 5.03. The van der Waals surface area contributed by atoms with Crippen LogP contribution in [0.4, 0.5) is 0 Å². The molecule has 3 atom stereocenters. The Bertz CT molecular complexity index is 234. The minimum absolute atomic E-state index is 0.202. The van der Waals surface area contributed by atoms with Gasteiger partial charge in [0.25, 0.3) is 0 Å². The summed E-state index contributed by atoms with van der Waals surface area (Å²) < 4.78 is -0.202. The van der Waals surface area contributed by atoms with Gasteiger partial charge in [0, 0.05) is 0 Å². The molecular weight excluding hydrogens is 204 g/mol. The molecule has 0 unspecified atom stereocenters. The van der Waals surface area contributed by atoms with Crippen LogP contribution in [-0.4, -0.2) is 10.1 Å². The van der Waals surface area contributed by atoms with Crippen LogP contribution in [0, 0.1) is 11.8 Å². The maximum absolute atomic E-state index is 11.3. The SMILES string of the molecule is CC(=O)[C@@]1(Br)C[C@H]2C=C[C@@H]1C2. The van der Waals surface area contributed by atoms with Gasteiger partial charge in [0.15, 0.2) is 0 Å². The summed E-state index contributed by atoms with van der Waals surface area (Å²) in [5.74, 6) is 1.41. The third kappa shape index (κ3) is 0.919. The minimum Gasteiger partial charge on any atom is -0.298 e. The Hall–Kier alpha value is -0.110. The minimum atomic E-state index is -0.202. The number of fused-ring (bicyclic) bond motifs is 2. The van der Waals surface area contributed by atoms with Crippen molar-refractivity contribution in [1.82, 2.24) is 0 Å². The predicted octanol–water partition coefficient (Wildman–Crippen LogP) is 2.31. The lowest BCUT2D eigenvalue weighted by Crippen LogP contribution is -2.34. The van der Waals surface area contributed by atoms with Gasteiger partial charge in [-0.15, -0.1) is 0 Å². The number of allylic oxidation sites excluding steroid dienone is 2. The van der Waals surface area contributed by atoms with E-state index in [-0.39, 0.29) is 10.1 Å². The first-order chi connectivity index (χ1) is 5.13.